The van der Waals surface area contributed by atoms with Crippen LogP contribution in [0.15, 0.2) is 46.1 Å². The summed E-state index contributed by atoms with van der Waals surface area (Å²) in [4.78, 5) is 17.6. The van der Waals surface area contributed by atoms with E-state index in [2.05, 4.69) is 4.98 Å². The van der Waals surface area contributed by atoms with Crippen molar-refractivity contribution in [2.45, 2.75) is 38.8 Å². The van der Waals surface area contributed by atoms with Gasteiger partial charge in [-0.1, -0.05) is 17.7 Å². The minimum absolute atomic E-state index is 0.00220. The first kappa shape index (κ1) is 24.9. The van der Waals surface area contributed by atoms with Crippen LogP contribution in [0.5, 0.6) is 17.4 Å². The Labute approximate surface area is 211 Å². The van der Waals surface area contributed by atoms with Gasteiger partial charge in [0.15, 0.2) is 16.3 Å². The SMILES string of the molecule is CCn1c(O)c(-c2nc3cc(OS(=O)(=O)c4ccc(C)cc4)c(OC)cc3s2)c(=O)n(CC)c1=S. The van der Waals surface area contributed by atoms with Gasteiger partial charge in [-0.05, 0) is 45.1 Å². The van der Waals surface area contributed by atoms with Gasteiger partial charge >= 0.3 is 10.1 Å². The monoisotopic (exact) mass is 533 g/mol. The van der Waals surface area contributed by atoms with Gasteiger partial charge in [0.2, 0.25) is 5.88 Å². The second kappa shape index (κ2) is 9.44. The zero-order valence-electron chi connectivity index (χ0n) is 19.4. The van der Waals surface area contributed by atoms with E-state index in [0.717, 1.165) is 16.9 Å². The van der Waals surface area contributed by atoms with Gasteiger partial charge in [-0.25, -0.2) is 4.98 Å². The molecular weight excluding hydrogens is 510 g/mol. The summed E-state index contributed by atoms with van der Waals surface area (Å²) in [5.74, 6) is -0.128. The van der Waals surface area contributed by atoms with Crippen LogP contribution < -0.4 is 14.5 Å². The number of aryl methyl sites for hydroxylation is 1. The third kappa shape index (κ3) is 4.44. The summed E-state index contributed by atoms with van der Waals surface area (Å²) in [5.41, 5.74) is 0.866. The Kier molecular flexibility index (Phi) is 6.71. The van der Waals surface area contributed by atoms with E-state index >= 15 is 0 Å². The normalized spacial score (nSPS) is 11.7. The Balaban J connectivity index is 1.86. The van der Waals surface area contributed by atoms with Crippen LogP contribution in [0.25, 0.3) is 20.8 Å². The molecule has 2 aromatic carbocycles. The predicted molar refractivity (Wildman–Crippen MR) is 137 cm³/mol. The molecule has 0 bridgehead atoms. The average molecular weight is 534 g/mol. The molecule has 0 aliphatic heterocycles. The van der Waals surface area contributed by atoms with Crippen LogP contribution in [0.4, 0.5) is 0 Å². The fraction of sp³-hybridized carbons (Fsp3) is 0.261. The number of thiazole rings is 1. The van der Waals surface area contributed by atoms with Crippen LogP contribution in [0.2, 0.25) is 0 Å². The zero-order valence-corrected chi connectivity index (χ0v) is 21.9. The van der Waals surface area contributed by atoms with Crippen molar-refractivity contribution < 1.29 is 22.4 Å². The number of aromatic hydroxyl groups is 1. The molecule has 184 valence electrons. The van der Waals surface area contributed by atoms with E-state index in [1.807, 2.05) is 13.8 Å². The molecule has 2 aromatic heterocycles. The Morgan fingerprint density at radius 1 is 1.09 bits per heavy atom. The van der Waals surface area contributed by atoms with Crippen LogP contribution in [-0.4, -0.2) is 34.8 Å². The topological polar surface area (TPSA) is 113 Å². The van der Waals surface area contributed by atoms with Gasteiger partial charge in [-0.15, -0.1) is 11.3 Å². The van der Waals surface area contributed by atoms with E-state index in [4.69, 9.17) is 21.1 Å². The molecule has 12 heteroatoms. The highest BCUT2D eigenvalue weighted by molar-refractivity contribution is 7.87. The molecule has 9 nitrogen and oxygen atoms in total. The minimum atomic E-state index is -4.13. The van der Waals surface area contributed by atoms with Crippen molar-refractivity contribution in [2.24, 2.45) is 0 Å². The number of methoxy groups -OCH3 is 1. The minimum Gasteiger partial charge on any atom is -0.494 e. The average Bonchev–Trinajstić information content (AvgIpc) is 3.21. The summed E-state index contributed by atoms with van der Waals surface area (Å²) in [6, 6.07) is 9.30. The Hall–Kier alpha value is -3.22. The smallest absolute Gasteiger partial charge is 0.339 e. The summed E-state index contributed by atoms with van der Waals surface area (Å²) in [6.07, 6.45) is 0. The summed E-state index contributed by atoms with van der Waals surface area (Å²) >= 11 is 6.51. The van der Waals surface area contributed by atoms with Crippen molar-refractivity contribution in [1.82, 2.24) is 14.1 Å². The van der Waals surface area contributed by atoms with Gasteiger partial charge in [0.1, 0.15) is 15.5 Å². The third-order valence-electron chi connectivity index (χ3n) is 5.43. The van der Waals surface area contributed by atoms with E-state index in [0.29, 0.717) is 23.3 Å². The van der Waals surface area contributed by atoms with Crippen molar-refractivity contribution in [1.29, 1.82) is 0 Å². The quantitative estimate of drug-likeness (QED) is 0.273. The Morgan fingerprint density at radius 2 is 1.74 bits per heavy atom. The second-order valence-corrected chi connectivity index (χ2v) is 10.6. The van der Waals surface area contributed by atoms with E-state index in [9.17, 15) is 18.3 Å². The molecule has 0 fully saturated rings. The summed E-state index contributed by atoms with van der Waals surface area (Å²) in [5, 5.41) is 11.1. The first-order chi connectivity index (χ1) is 16.6. The largest absolute Gasteiger partial charge is 0.494 e. The number of hydrogen-bond acceptors (Lipinski definition) is 9. The molecule has 0 unspecified atom stereocenters. The summed E-state index contributed by atoms with van der Waals surface area (Å²) in [7, 11) is -2.73. The second-order valence-electron chi connectivity index (χ2n) is 7.62. The number of fused-ring (bicyclic) bond motifs is 1. The highest BCUT2D eigenvalue weighted by atomic mass is 32.2. The van der Waals surface area contributed by atoms with Gasteiger partial charge in [0, 0.05) is 25.2 Å². The molecule has 4 rings (SSSR count). The molecule has 0 saturated carbocycles. The lowest BCUT2D eigenvalue weighted by molar-refractivity contribution is 0.391. The predicted octanol–water partition coefficient (Wildman–Crippen LogP) is 4.49. The highest BCUT2D eigenvalue weighted by Crippen LogP contribution is 2.39. The maximum Gasteiger partial charge on any atom is 0.339 e. The molecule has 0 spiro atoms. The number of hydrogen-bond donors (Lipinski definition) is 1. The zero-order chi connectivity index (χ0) is 25.5. The van der Waals surface area contributed by atoms with Gasteiger partial charge in [-0.2, -0.15) is 8.42 Å². The number of aromatic nitrogens is 3. The van der Waals surface area contributed by atoms with Crippen molar-refractivity contribution in [2.75, 3.05) is 7.11 Å². The van der Waals surface area contributed by atoms with Gasteiger partial charge in [-0.3, -0.25) is 13.9 Å². The fourth-order valence-corrected chi connectivity index (χ4v) is 5.95. The molecule has 0 amide bonds. The summed E-state index contributed by atoms with van der Waals surface area (Å²) < 4.78 is 40.1. The number of ether oxygens (including phenoxy) is 1. The first-order valence-electron chi connectivity index (χ1n) is 10.7. The van der Waals surface area contributed by atoms with E-state index in [-0.39, 0.29) is 37.6 Å². The molecule has 0 radical (unpaired) electrons. The van der Waals surface area contributed by atoms with Gasteiger partial charge in [0.25, 0.3) is 5.56 Å². The molecule has 1 N–H and O–H groups in total. The lowest BCUT2D eigenvalue weighted by atomic mass is 10.2. The van der Waals surface area contributed by atoms with Crippen LogP contribution in [-0.2, 0) is 23.2 Å². The first-order valence-corrected chi connectivity index (χ1v) is 13.3. The van der Waals surface area contributed by atoms with Crippen molar-refractivity contribution >= 4 is 43.9 Å². The van der Waals surface area contributed by atoms with Crippen LogP contribution in [0.1, 0.15) is 19.4 Å². The fourth-order valence-electron chi connectivity index (χ4n) is 3.58. The highest BCUT2D eigenvalue weighted by Gasteiger charge is 2.24. The molecule has 0 atom stereocenters. The molecular formula is C23H23N3O6S3. The maximum absolute atomic E-state index is 13.1. The van der Waals surface area contributed by atoms with Crippen LogP contribution >= 0.6 is 23.6 Å². The number of nitrogens with zero attached hydrogens (tertiary/aromatic N) is 3. The maximum atomic E-state index is 13.1. The van der Waals surface area contributed by atoms with Crippen molar-refractivity contribution in [3.8, 4) is 28.0 Å². The van der Waals surface area contributed by atoms with Gasteiger partial charge in [0.05, 0.1) is 17.3 Å². The van der Waals surface area contributed by atoms with E-state index in [1.54, 1.807) is 25.1 Å². The third-order valence-corrected chi connectivity index (χ3v) is 8.15. The lowest BCUT2D eigenvalue weighted by Gasteiger charge is -2.14. The van der Waals surface area contributed by atoms with Crippen LogP contribution in [0, 0.1) is 11.7 Å². The van der Waals surface area contributed by atoms with E-state index < -0.39 is 15.7 Å². The standard InChI is InChI=1S/C23H23N3O6S3/c1-5-25-21(27)19(22(28)26(6-2)23(25)33)20-24-15-11-17(16(31-4)12-18(15)34-20)32-35(29,30)14-9-7-13(3)8-10-14/h7-12,27H,5-6H2,1-4H3. The molecule has 35 heavy (non-hydrogen) atoms. The Bertz CT molecular complexity index is 1650. The van der Waals surface area contributed by atoms with Crippen molar-refractivity contribution in [3.05, 3.63) is 57.1 Å². The molecule has 4 aromatic rings. The van der Waals surface area contributed by atoms with Gasteiger partial charge < -0.3 is 14.0 Å². The molecule has 2 heterocycles. The number of benzene rings is 2. The Morgan fingerprint density at radius 3 is 2.34 bits per heavy atom. The molecule has 0 aliphatic carbocycles. The lowest BCUT2D eigenvalue weighted by Crippen LogP contribution is -2.26. The van der Waals surface area contributed by atoms with Crippen molar-refractivity contribution in [3.63, 3.8) is 0 Å². The molecule has 0 aliphatic rings. The number of rotatable bonds is 7. The van der Waals surface area contributed by atoms with E-state index in [1.165, 1.54) is 34.4 Å². The summed E-state index contributed by atoms with van der Waals surface area (Å²) in [6.45, 7) is 6.15. The van der Waals surface area contributed by atoms with Crippen LogP contribution in [0.3, 0.4) is 0 Å². The molecule has 0 saturated heterocycles.